The van der Waals surface area contributed by atoms with Crippen LogP contribution in [0.2, 0.25) is 0 Å². The largest absolute Gasteiger partial charge is 0.475 e. The number of aliphatic imine (C=N–C) groups is 1. The molecule has 1 atom stereocenters. The maximum absolute atomic E-state index is 5.55. The number of aryl methyl sites for hydroxylation is 1. The molecule has 3 heteroatoms. The molecule has 1 unspecified atom stereocenters. The van der Waals surface area contributed by atoms with E-state index in [2.05, 4.69) is 24.0 Å². The Morgan fingerprint density at radius 3 is 3.13 bits per heavy atom. The van der Waals surface area contributed by atoms with Gasteiger partial charge in [-0.3, -0.25) is 0 Å². The summed E-state index contributed by atoms with van der Waals surface area (Å²) in [6.07, 6.45) is 0.898. The molecule has 0 aromatic heterocycles. The lowest BCUT2D eigenvalue weighted by atomic mass is 10.1. The maximum atomic E-state index is 5.55. The highest BCUT2D eigenvalue weighted by Gasteiger charge is 2.18. The van der Waals surface area contributed by atoms with E-state index in [-0.39, 0.29) is 6.04 Å². The molecule has 0 fully saturated rings. The molecule has 3 nitrogen and oxygen atoms in total. The highest BCUT2D eigenvalue weighted by molar-refractivity contribution is 5.95. The summed E-state index contributed by atoms with van der Waals surface area (Å²) in [7, 11) is 0. The fourth-order valence-corrected chi connectivity index (χ4v) is 1.69. The Morgan fingerprint density at radius 1 is 1.53 bits per heavy atom. The average molecular weight is 204 g/mol. The molecule has 0 radical (unpaired) electrons. The maximum Gasteiger partial charge on any atom is 0.216 e. The summed E-state index contributed by atoms with van der Waals surface area (Å²) in [5.74, 6) is 0.761. The first-order valence-electron chi connectivity index (χ1n) is 5.27. The van der Waals surface area contributed by atoms with E-state index in [1.165, 1.54) is 5.56 Å². The Hall–Kier alpha value is -1.35. The summed E-state index contributed by atoms with van der Waals surface area (Å²) in [5.41, 5.74) is 7.78. The van der Waals surface area contributed by atoms with E-state index in [9.17, 15) is 0 Å². The van der Waals surface area contributed by atoms with E-state index in [4.69, 9.17) is 10.5 Å². The summed E-state index contributed by atoms with van der Waals surface area (Å²) in [5, 5.41) is 0. The van der Waals surface area contributed by atoms with Crippen LogP contribution >= 0.6 is 0 Å². The Morgan fingerprint density at radius 2 is 2.40 bits per heavy atom. The predicted octanol–water partition coefficient (Wildman–Crippen LogP) is 1.49. The van der Waals surface area contributed by atoms with E-state index in [1.807, 2.05) is 12.1 Å². The zero-order valence-electron chi connectivity index (χ0n) is 8.94. The molecule has 80 valence electrons. The first-order chi connectivity index (χ1) is 7.29. The van der Waals surface area contributed by atoms with Crippen LogP contribution in [-0.2, 0) is 4.74 Å². The highest BCUT2D eigenvalue weighted by atomic mass is 16.5. The molecular weight excluding hydrogens is 188 g/mol. The van der Waals surface area contributed by atoms with Crippen LogP contribution in [0.15, 0.2) is 29.3 Å². The van der Waals surface area contributed by atoms with Gasteiger partial charge in [0.05, 0.1) is 6.04 Å². The first kappa shape index (κ1) is 10.2. The van der Waals surface area contributed by atoms with Crippen LogP contribution in [0.3, 0.4) is 0 Å². The second kappa shape index (κ2) is 4.45. The monoisotopic (exact) mass is 204 g/mol. The molecule has 0 spiro atoms. The molecule has 15 heavy (non-hydrogen) atoms. The number of benzene rings is 1. The van der Waals surface area contributed by atoms with Gasteiger partial charge in [0, 0.05) is 5.56 Å². The van der Waals surface area contributed by atoms with Crippen molar-refractivity contribution in [1.29, 1.82) is 0 Å². The minimum atomic E-state index is 0.241. The lowest BCUT2D eigenvalue weighted by Crippen LogP contribution is -2.12. The molecule has 1 aliphatic rings. The van der Waals surface area contributed by atoms with E-state index in [0.717, 1.165) is 17.9 Å². The fraction of sp³-hybridized carbons (Fsp3) is 0.417. The van der Waals surface area contributed by atoms with Crippen LogP contribution in [0.1, 0.15) is 17.5 Å². The summed E-state index contributed by atoms with van der Waals surface area (Å²) in [6.45, 7) is 3.40. The average Bonchev–Trinajstić information content (AvgIpc) is 2.67. The van der Waals surface area contributed by atoms with E-state index in [1.54, 1.807) is 0 Å². The Balaban J connectivity index is 2.15. The Bertz CT molecular complexity index is 374. The molecule has 2 N–H and O–H groups in total. The van der Waals surface area contributed by atoms with Gasteiger partial charge in [-0.2, -0.15) is 0 Å². The van der Waals surface area contributed by atoms with Crippen molar-refractivity contribution in [3.63, 3.8) is 0 Å². The van der Waals surface area contributed by atoms with Crippen LogP contribution < -0.4 is 5.73 Å². The number of ether oxygens (including phenoxy) is 1. The van der Waals surface area contributed by atoms with Gasteiger partial charge in [0.15, 0.2) is 0 Å². The van der Waals surface area contributed by atoms with Gasteiger partial charge in [-0.05, 0) is 32.0 Å². The second-order valence-corrected chi connectivity index (χ2v) is 3.85. The zero-order chi connectivity index (χ0) is 10.7. The van der Waals surface area contributed by atoms with Gasteiger partial charge in [0.25, 0.3) is 0 Å². The van der Waals surface area contributed by atoms with E-state index >= 15 is 0 Å². The molecule has 0 saturated carbocycles. The number of hydrogen-bond donors (Lipinski definition) is 1. The van der Waals surface area contributed by atoms with Gasteiger partial charge in [0.1, 0.15) is 6.61 Å². The fourth-order valence-electron chi connectivity index (χ4n) is 1.69. The topological polar surface area (TPSA) is 47.6 Å². The first-order valence-corrected chi connectivity index (χ1v) is 5.27. The molecule has 1 aliphatic heterocycles. The standard InChI is InChI=1S/C12H16N2O/c1-9-3-2-4-10(7-9)12-14-11(5-6-13)8-15-12/h2-4,7,11H,5-6,8,13H2,1H3. The highest BCUT2D eigenvalue weighted by Crippen LogP contribution is 2.14. The van der Waals surface area contributed by atoms with Crippen molar-refractivity contribution in [2.24, 2.45) is 10.7 Å². The number of nitrogens with zero attached hydrogens (tertiary/aromatic N) is 1. The number of hydrogen-bond acceptors (Lipinski definition) is 3. The van der Waals surface area contributed by atoms with Gasteiger partial charge in [-0.1, -0.05) is 17.7 Å². The molecule has 0 bridgehead atoms. The van der Waals surface area contributed by atoms with Gasteiger partial charge in [0.2, 0.25) is 5.90 Å². The molecule has 2 rings (SSSR count). The molecular formula is C12H16N2O. The molecule has 1 aromatic rings. The van der Waals surface area contributed by atoms with Crippen molar-refractivity contribution in [2.45, 2.75) is 19.4 Å². The SMILES string of the molecule is Cc1cccc(C2=NC(CCN)CO2)c1. The van der Waals surface area contributed by atoms with Crippen molar-refractivity contribution >= 4 is 5.90 Å². The van der Waals surface area contributed by atoms with Crippen LogP contribution in [0.25, 0.3) is 0 Å². The minimum Gasteiger partial charge on any atom is -0.475 e. The lowest BCUT2D eigenvalue weighted by molar-refractivity contribution is 0.313. The predicted molar refractivity (Wildman–Crippen MR) is 61.1 cm³/mol. The molecule has 1 heterocycles. The van der Waals surface area contributed by atoms with Crippen molar-refractivity contribution in [2.75, 3.05) is 13.2 Å². The summed E-state index contributed by atoms with van der Waals surface area (Å²) in [4.78, 5) is 4.50. The van der Waals surface area contributed by atoms with Gasteiger partial charge < -0.3 is 10.5 Å². The van der Waals surface area contributed by atoms with E-state index in [0.29, 0.717) is 13.2 Å². The summed E-state index contributed by atoms with van der Waals surface area (Å²) in [6, 6.07) is 8.44. The number of rotatable bonds is 3. The van der Waals surface area contributed by atoms with Gasteiger partial charge in [-0.25, -0.2) is 4.99 Å². The Kier molecular flexibility index (Phi) is 3.02. The second-order valence-electron chi connectivity index (χ2n) is 3.85. The molecule has 0 aliphatic carbocycles. The van der Waals surface area contributed by atoms with Crippen molar-refractivity contribution in [3.05, 3.63) is 35.4 Å². The quantitative estimate of drug-likeness (QED) is 0.810. The van der Waals surface area contributed by atoms with Crippen LogP contribution in [0.4, 0.5) is 0 Å². The molecule has 0 saturated heterocycles. The third-order valence-electron chi connectivity index (χ3n) is 2.48. The zero-order valence-corrected chi connectivity index (χ0v) is 8.94. The third kappa shape index (κ3) is 2.36. The molecule has 0 amide bonds. The minimum absolute atomic E-state index is 0.241. The van der Waals surface area contributed by atoms with Crippen LogP contribution in [0.5, 0.6) is 0 Å². The number of nitrogens with two attached hydrogens (primary N) is 1. The lowest BCUT2D eigenvalue weighted by Gasteiger charge is -2.01. The van der Waals surface area contributed by atoms with Crippen LogP contribution in [-0.4, -0.2) is 25.1 Å². The third-order valence-corrected chi connectivity index (χ3v) is 2.48. The Labute approximate surface area is 90.0 Å². The van der Waals surface area contributed by atoms with Crippen molar-refractivity contribution < 1.29 is 4.74 Å². The van der Waals surface area contributed by atoms with Gasteiger partial charge >= 0.3 is 0 Å². The molecule has 1 aromatic carbocycles. The van der Waals surface area contributed by atoms with Crippen molar-refractivity contribution in [1.82, 2.24) is 0 Å². The van der Waals surface area contributed by atoms with Crippen LogP contribution in [0, 0.1) is 6.92 Å². The van der Waals surface area contributed by atoms with Gasteiger partial charge in [-0.15, -0.1) is 0 Å². The van der Waals surface area contributed by atoms with Crippen molar-refractivity contribution in [3.8, 4) is 0 Å². The summed E-state index contributed by atoms with van der Waals surface area (Å²) >= 11 is 0. The van der Waals surface area contributed by atoms with E-state index < -0.39 is 0 Å². The normalized spacial score (nSPS) is 19.9. The smallest absolute Gasteiger partial charge is 0.216 e. The summed E-state index contributed by atoms with van der Waals surface area (Å²) < 4.78 is 5.55.